The van der Waals surface area contributed by atoms with Crippen molar-refractivity contribution in [3.8, 4) is 5.69 Å². The molecule has 4 aromatic rings. The minimum atomic E-state index is 0.602. The molecule has 0 unspecified atom stereocenters. The normalized spacial score (nSPS) is 11.3. The molecule has 18 heavy (non-hydrogen) atoms. The summed E-state index contributed by atoms with van der Waals surface area (Å²) < 4.78 is 1.83. The molecule has 7 heteroatoms. The van der Waals surface area contributed by atoms with Gasteiger partial charge >= 0.3 is 0 Å². The van der Waals surface area contributed by atoms with Crippen LogP contribution in [0.1, 0.15) is 0 Å². The Morgan fingerprint density at radius 3 is 2.94 bits per heavy atom. The molecule has 0 aliphatic heterocycles. The molecule has 0 atom stereocenters. The van der Waals surface area contributed by atoms with E-state index in [1.54, 1.807) is 37.4 Å². The number of hydrogen-bond donors (Lipinski definition) is 1. The fourth-order valence-corrected chi connectivity index (χ4v) is 1.95. The van der Waals surface area contributed by atoms with Gasteiger partial charge in [0.1, 0.15) is 11.8 Å². The van der Waals surface area contributed by atoms with E-state index < -0.39 is 0 Å². The summed E-state index contributed by atoms with van der Waals surface area (Å²) in [7, 11) is 0. The van der Waals surface area contributed by atoms with E-state index in [2.05, 4.69) is 29.9 Å². The van der Waals surface area contributed by atoms with Gasteiger partial charge in [0, 0.05) is 12.4 Å². The summed E-state index contributed by atoms with van der Waals surface area (Å²) >= 11 is 0. The highest BCUT2D eigenvalue weighted by Gasteiger charge is 2.10. The number of nitrogens with zero attached hydrogens (tertiary/aromatic N) is 6. The van der Waals surface area contributed by atoms with E-state index in [9.17, 15) is 0 Å². The number of aromatic nitrogens is 7. The van der Waals surface area contributed by atoms with Crippen LogP contribution >= 0.6 is 0 Å². The van der Waals surface area contributed by atoms with Gasteiger partial charge in [-0.15, -0.1) is 0 Å². The number of pyridine rings is 1. The molecule has 0 saturated heterocycles. The Labute approximate surface area is 101 Å². The zero-order chi connectivity index (χ0) is 11.9. The van der Waals surface area contributed by atoms with Crippen molar-refractivity contribution in [2.75, 3.05) is 0 Å². The van der Waals surface area contributed by atoms with E-state index in [0.29, 0.717) is 11.3 Å². The summed E-state index contributed by atoms with van der Waals surface area (Å²) in [6.45, 7) is 0. The van der Waals surface area contributed by atoms with Crippen molar-refractivity contribution >= 4 is 22.3 Å². The number of rotatable bonds is 1. The van der Waals surface area contributed by atoms with Crippen LogP contribution in [-0.2, 0) is 0 Å². The van der Waals surface area contributed by atoms with Crippen LogP contribution in [0.15, 0.2) is 37.4 Å². The lowest BCUT2D eigenvalue weighted by atomic mass is 10.3. The standard InChI is InChI=1S/C11H7N7/c1-2-14-11-10(13-1)17-6-18(11)8-4-12-3-7-9(8)16-5-15-7/h1-6H,(H,15,16). The molecular weight excluding hydrogens is 230 g/mol. The fourth-order valence-electron chi connectivity index (χ4n) is 1.95. The lowest BCUT2D eigenvalue weighted by Crippen LogP contribution is -1.96. The summed E-state index contributed by atoms with van der Waals surface area (Å²) in [5.41, 5.74) is 3.82. The van der Waals surface area contributed by atoms with Gasteiger partial charge in [-0.3, -0.25) is 9.55 Å². The molecule has 0 spiro atoms. The van der Waals surface area contributed by atoms with Crippen molar-refractivity contribution in [1.29, 1.82) is 0 Å². The fraction of sp³-hybridized carbons (Fsp3) is 0. The smallest absolute Gasteiger partial charge is 0.197 e. The highest BCUT2D eigenvalue weighted by molar-refractivity contribution is 5.84. The predicted molar refractivity (Wildman–Crippen MR) is 64.1 cm³/mol. The van der Waals surface area contributed by atoms with Gasteiger partial charge in [0.2, 0.25) is 0 Å². The number of nitrogens with one attached hydrogen (secondary N) is 1. The number of aromatic amines is 1. The van der Waals surface area contributed by atoms with Gasteiger partial charge < -0.3 is 4.98 Å². The second-order valence-electron chi connectivity index (χ2n) is 3.78. The maximum absolute atomic E-state index is 4.29. The maximum Gasteiger partial charge on any atom is 0.197 e. The first-order chi connectivity index (χ1) is 8.93. The molecule has 0 radical (unpaired) electrons. The first-order valence-corrected chi connectivity index (χ1v) is 5.35. The molecule has 4 rings (SSSR count). The van der Waals surface area contributed by atoms with E-state index in [-0.39, 0.29) is 0 Å². The molecule has 1 N–H and O–H groups in total. The van der Waals surface area contributed by atoms with Crippen LogP contribution in [0.3, 0.4) is 0 Å². The summed E-state index contributed by atoms with van der Waals surface area (Å²) in [5, 5.41) is 0. The van der Waals surface area contributed by atoms with E-state index in [1.165, 1.54) is 0 Å². The molecule has 0 amide bonds. The lowest BCUT2D eigenvalue weighted by Gasteiger charge is -2.02. The third-order valence-corrected chi connectivity index (χ3v) is 2.76. The predicted octanol–water partition coefficient (Wildman–Crippen LogP) is 1.09. The molecule has 0 aliphatic carbocycles. The van der Waals surface area contributed by atoms with Crippen LogP contribution in [0, 0.1) is 0 Å². The van der Waals surface area contributed by atoms with Crippen molar-refractivity contribution in [1.82, 2.24) is 34.5 Å². The highest BCUT2D eigenvalue weighted by atomic mass is 15.1. The number of hydrogen-bond acceptors (Lipinski definition) is 5. The van der Waals surface area contributed by atoms with E-state index in [0.717, 1.165) is 16.7 Å². The third-order valence-electron chi connectivity index (χ3n) is 2.76. The average Bonchev–Trinajstić information content (AvgIpc) is 3.05. The quantitative estimate of drug-likeness (QED) is 0.535. The summed E-state index contributed by atoms with van der Waals surface area (Å²) in [6.07, 6.45) is 10.0. The van der Waals surface area contributed by atoms with Crippen molar-refractivity contribution < 1.29 is 0 Å². The second-order valence-corrected chi connectivity index (χ2v) is 3.78. The highest BCUT2D eigenvalue weighted by Crippen LogP contribution is 2.20. The SMILES string of the molecule is c1cnc2c(n1)ncn2-c1cncc2[nH]cnc12. The van der Waals surface area contributed by atoms with E-state index in [1.807, 2.05) is 4.57 Å². The van der Waals surface area contributed by atoms with Crippen LogP contribution < -0.4 is 0 Å². The molecule has 0 fully saturated rings. The number of H-pyrrole nitrogens is 1. The Bertz CT molecular complexity index is 844. The van der Waals surface area contributed by atoms with Gasteiger partial charge in [-0.2, -0.15) is 0 Å². The average molecular weight is 237 g/mol. The molecule has 86 valence electrons. The molecule has 0 aromatic carbocycles. The molecule has 7 nitrogen and oxygen atoms in total. The minimum absolute atomic E-state index is 0.602. The van der Waals surface area contributed by atoms with Crippen molar-refractivity contribution in [2.45, 2.75) is 0 Å². The third kappa shape index (κ3) is 1.15. The zero-order valence-corrected chi connectivity index (χ0v) is 9.15. The Morgan fingerprint density at radius 1 is 1.00 bits per heavy atom. The Kier molecular flexibility index (Phi) is 1.71. The monoisotopic (exact) mass is 237 g/mol. The van der Waals surface area contributed by atoms with Crippen LogP contribution in [0.25, 0.3) is 28.0 Å². The first kappa shape index (κ1) is 9.23. The largest absolute Gasteiger partial charge is 0.343 e. The van der Waals surface area contributed by atoms with Crippen LogP contribution in [0.2, 0.25) is 0 Å². The minimum Gasteiger partial charge on any atom is -0.343 e. The van der Waals surface area contributed by atoms with E-state index in [4.69, 9.17) is 0 Å². The zero-order valence-electron chi connectivity index (χ0n) is 9.15. The maximum atomic E-state index is 4.29. The van der Waals surface area contributed by atoms with Gasteiger partial charge in [-0.05, 0) is 0 Å². The molecule has 0 bridgehead atoms. The molecular formula is C11H7N7. The second kappa shape index (κ2) is 3.33. The Hall–Kier alpha value is -2.83. The van der Waals surface area contributed by atoms with Gasteiger partial charge in [0.15, 0.2) is 11.3 Å². The van der Waals surface area contributed by atoms with Crippen molar-refractivity contribution in [2.24, 2.45) is 0 Å². The molecule has 0 saturated carbocycles. The Morgan fingerprint density at radius 2 is 1.94 bits per heavy atom. The molecule has 4 heterocycles. The Balaban J connectivity index is 2.10. The lowest BCUT2D eigenvalue weighted by molar-refractivity contribution is 1.06. The van der Waals surface area contributed by atoms with Crippen LogP contribution in [-0.4, -0.2) is 34.5 Å². The topological polar surface area (TPSA) is 85.2 Å². The van der Waals surface area contributed by atoms with Gasteiger partial charge in [-0.1, -0.05) is 0 Å². The van der Waals surface area contributed by atoms with Gasteiger partial charge in [0.05, 0.1) is 29.9 Å². The molecule has 0 aliphatic rings. The van der Waals surface area contributed by atoms with Crippen LogP contribution in [0.4, 0.5) is 0 Å². The summed E-state index contributed by atoms with van der Waals surface area (Å²) in [6, 6.07) is 0. The first-order valence-electron chi connectivity index (χ1n) is 5.35. The summed E-state index contributed by atoms with van der Waals surface area (Å²) in [4.78, 5) is 24.1. The van der Waals surface area contributed by atoms with Crippen molar-refractivity contribution in [3.05, 3.63) is 37.4 Å². The number of fused-ring (bicyclic) bond motifs is 2. The number of imidazole rings is 2. The molecule has 4 aromatic heterocycles. The van der Waals surface area contributed by atoms with Crippen molar-refractivity contribution in [3.63, 3.8) is 0 Å². The summed E-state index contributed by atoms with van der Waals surface area (Å²) in [5.74, 6) is 0. The van der Waals surface area contributed by atoms with Crippen LogP contribution in [0.5, 0.6) is 0 Å². The van der Waals surface area contributed by atoms with Gasteiger partial charge in [-0.25, -0.2) is 19.9 Å². The van der Waals surface area contributed by atoms with E-state index >= 15 is 0 Å². The van der Waals surface area contributed by atoms with Gasteiger partial charge in [0.25, 0.3) is 0 Å².